The summed E-state index contributed by atoms with van der Waals surface area (Å²) >= 11 is 4.98. The zero-order valence-corrected chi connectivity index (χ0v) is 13.2. The molecule has 1 aromatic rings. The first kappa shape index (κ1) is 14.9. The quantitative estimate of drug-likeness (QED) is 0.865. The van der Waals surface area contributed by atoms with Crippen LogP contribution in [0.5, 0.6) is 0 Å². The van der Waals surface area contributed by atoms with Crippen LogP contribution in [0.4, 0.5) is 4.39 Å². The summed E-state index contributed by atoms with van der Waals surface area (Å²) in [6.07, 6.45) is 7.99. The van der Waals surface area contributed by atoms with Gasteiger partial charge in [-0.25, -0.2) is 4.39 Å². The number of fused-ring (bicyclic) bond motifs is 1. The zero-order valence-electron chi connectivity index (χ0n) is 12.4. The molecule has 2 atom stereocenters. The van der Waals surface area contributed by atoms with Gasteiger partial charge in [0.1, 0.15) is 10.8 Å². The maximum atomic E-state index is 13.7. The van der Waals surface area contributed by atoms with Crippen molar-refractivity contribution in [1.29, 1.82) is 0 Å². The molecule has 2 fully saturated rings. The van der Waals surface area contributed by atoms with E-state index in [4.69, 9.17) is 18.0 Å². The second kappa shape index (κ2) is 6.41. The number of nitrogens with zero attached hydrogens (tertiary/aromatic N) is 1. The van der Waals surface area contributed by atoms with Crippen molar-refractivity contribution < 1.29 is 4.39 Å². The largest absolute Gasteiger partial charge is 0.389 e. The minimum atomic E-state index is -0.243. The van der Waals surface area contributed by atoms with Crippen molar-refractivity contribution in [2.75, 3.05) is 6.54 Å². The van der Waals surface area contributed by atoms with Gasteiger partial charge in [0, 0.05) is 18.2 Å². The summed E-state index contributed by atoms with van der Waals surface area (Å²) in [5.41, 5.74) is 7.27. The molecule has 114 valence electrons. The SMILES string of the molecule is NC(=S)c1cc(F)cc(CN2CCC[C@H]3CCCC[C@H]32)c1. The van der Waals surface area contributed by atoms with E-state index in [2.05, 4.69) is 4.90 Å². The third-order valence-electron chi connectivity index (χ3n) is 4.99. The van der Waals surface area contributed by atoms with E-state index in [9.17, 15) is 4.39 Å². The lowest BCUT2D eigenvalue weighted by Gasteiger charge is -2.44. The molecule has 1 aliphatic carbocycles. The lowest BCUT2D eigenvalue weighted by molar-refractivity contribution is 0.0546. The normalized spacial score (nSPS) is 26.3. The highest BCUT2D eigenvalue weighted by Crippen LogP contribution is 2.36. The molecule has 21 heavy (non-hydrogen) atoms. The van der Waals surface area contributed by atoms with Gasteiger partial charge >= 0.3 is 0 Å². The summed E-state index contributed by atoms with van der Waals surface area (Å²) in [5, 5.41) is 0. The van der Waals surface area contributed by atoms with Crippen molar-refractivity contribution in [3.8, 4) is 0 Å². The summed E-state index contributed by atoms with van der Waals surface area (Å²) in [4.78, 5) is 2.82. The molecule has 0 amide bonds. The smallest absolute Gasteiger partial charge is 0.124 e. The Balaban J connectivity index is 1.77. The van der Waals surface area contributed by atoms with Crippen molar-refractivity contribution in [3.05, 3.63) is 35.1 Å². The number of piperidine rings is 1. The van der Waals surface area contributed by atoms with Crippen LogP contribution in [0, 0.1) is 11.7 Å². The van der Waals surface area contributed by atoms with Gasteiger partial charge in [-0.05, 0) is 61.9 Å². The van der Waals surface area contributed by atoms with Crippen molar-refractivity contribution in [3.63, 3.8) is 0 Å². The Bertz CT molecular complexity index is 530. The second-order valence-electron chi connectivity index (χ2n) is 6.44. The van der Waals surface area contributed by atoms with Crippen LogP contribution >= 0.6 is 12.2 Å². The molecule has 2 nitrogen and oxygen atoms in total. The molecule has 1 aliphatic heterocycles. The van der Waals surface area contributed by atoms with Gasteiger partial charge in [0.05, 0.1) is 0 Å². The van der Waals surface area contributed by atoms with Crippen molar-refractivity contribution in [2.45, 2.75) is 51.1 Å². The number of thiocarbonyl (C=S) groups is 1. The maximum absolute atomic E-state index is 13.7. The van der Waals surface area contributed by atoms with Crippen LogP contribution in [0.15, 0.2) is 18.2 Å². The minimum Gasteiger partial charge on any atom is -0.389 e. The highest BCUT2D eigenvalue weighted by Gasteiger charge is 2.32. The van der Waals surface area contributed by atoms with Gasteiger partial charge < -0.3 is 5.73 Å². The number of hydrogen-bond acceptors (Lipinski definition) is 2. The Morgan fingerprint density at radius 1 is 1.19 bits per heavy atom. The average molecular weight is 306 g/mol. The predicted octanol–water partition coefficient (Wildman–Crippen LogP) is 3.61. The van der Waals surface area contributed by atoms with Gasteiger partial charge in [-0.3, -0.25) is 4.90 Å². The predicted molar refractivity (Wildman–Crippen MR) is 87.7 cm³/mol. The van der Waals surface area contributed by atoms with E-state index in [1.807, 2.05) is 6.07 Å². The maximum Gasteiger partial charge on any atom is 0.124 e. The fraction of sp³-hybridized carbons (Fsp3) is 0.588. The molecule has 0 unspecified atom stereocenters. The summed E-state index contributed by atoms with van der Waals surface area (Å²) in [5.74, 6) is 0.601. The topological polar surface area (TPSA) is 29.3 Å². The zero-order chi connectivity index (χ0) is 14.8. The Morgan fingerprint density at radius 2 is 1.95 bits per heavy atom. The number of hydrogen-bond donors (Lipinski definition) is 1. The van der Waals surface area contributed by atoms with E-state index in [0.717, 1.165) is 24.6 Å². The lowest BCUT2D eigenvalue weighted by atomic mass is 9.78. The first-order valence-corrected chi connectivity index (χ1v) is 8.37. The Morgan fingerprint density at radius 3 is 2.76 bits per heavy atom. The van der Waals surface area contributed by atoms with Crippen LogP contribution in [0.1, 0.15) is 49.7 Å². The van der Waals surface area contributed by atoms with Crippen LogP contribution in [-0.4, -0.2) is 22.5 Å². The molecule has 1 aromatic carbocycles. The van der Waals surface area contributed by atoms with Crippen LogP contribution in [0.25, 0.3) is 0 Å². The summed E-state index contributed by atoms with van der Waals surface area (Å²) in [6, 6.07) is 5.67. The molecular formula is C17H23FN2S. The third-order valence-corrected chi connectivity index (χ3v) is 5.22. The number of likely N-dealkylation sites (tertiary alicyclic amines) is 1. The number of benzene rings is 1. The fourth-order valence-corrected chi connectivity index (χ4v) is 4.16. The Kier molecular flexibility index (Phi) is 4.55. The van der Waals surface area contributed by atoms with Gasteiger partial charge in [0.2, 0.25) is 0 Å². The lowest BCUT2D eigenvalue weighted by Crippen LogP contribution is -2.46. The first-order chi connectivity index (χ1) is 10.1. The molecule has 0 radical (unpaired) electrons. The number of nitrogens with two attached hydrogens (primary N) is 1. The van der Waals surface area contributed by atoms with Crippen LogP contribution in [0.3, 0.4) is 0 Å². The monoisotopic (exact) mass is 306 g/mol. The molecule has 2 aliphatic rings. The molecule has 1 saturated carbocycles. The fourth-order valence-electron chi connectivity index (χ4n) is 4.04. The standard InChI is InChI=1S/C17H23FN2S/c18-15-9-12(8-14(10-15)17(19)21)11-20-7-3-5-13-4-1-2-6-16(13)20/h8-10,13,16H,1-7,11H2,(H2,19,21)/t13-,16-/m1/s1. The first-order valence-electron chi connectivity index (χ1n) is 7.97. The summed E-state index contributed by atoms with van der Waals surface area (Å²) < 4.78 is 13.7. The highest BCUT2D eigenvalue weighted by molar-refractivity contribution is 7.80. The molecule has 3 rings (SSSR count). The van der Waals surface area contributed by atoms with E-state index in [1.165, 1.54) is 44.6 Å². The molecule has 1 heterocycles. The third kappa shape index (κ3) is 3.43. The average Bonchev–Trinajstić information content (AvgIpc) is 2.47. The van der Waals surface area contributed by atoms with Gasteiger partial charge in [-0.15, -0.1) is 0 Å². The molecule has 0 aromatic heterocycles. The molecule has 0 bridgehead atoms. The molecular weight excluding hydrogens is 283 g/mol. The van der Waals surface area contributed by atoms with E-state index in [0.29, 0.717) is 11.6 Å². The van der Waals surface area contributed by atoms with Crippen LogP contribution in [0.2, 0.25) is 0 Å². The van der Waals surface area contributed by atoms with Gasteiger partial charge in [0.25, 0.3) is 0 Å². The van der Waals surface area contributed by atoms with Crippen molar-refractivity contribution in [2.24, 2.45) is 11.7 Å². The van der Waals surface area contributed by atoms with Crippen molar-refractivity contribution in [1.82, 2.24) is 4.90 Å². The van der Waals surface area contributed by atoms with E-state index in [-0.39, 0.29) is 10.8 Å². The minimum absolute atomic E-state index is 0.243. The van der Waals surface area contributed by atoms with Crippen LogP contribution in [-0.2, 0) is 6.54 Å². The van der Waals surface area contributed by atoms with Crippen LogP contribution < -0.4 is 5.73 Å². The van der Waals surface area contributed by atoms with Gasteiger partial charge in [-0.1, -0.05) is 25.1 Å². The summed E-state index contributed by atoms with van der Waals surface area (Å²) in [7, 11) is 0. The van der Waals surface area contributed by atoms with E-state index < -0.39 is 0 Å². The molecule has 1 saturated heterocycles. The highest BCUT2D eigenvalue weighted by atomic mass is 32.1. The Hall–Kier alpha value is -1.00. The van der Waals surface area contributed by atoms with E-state index >= 15 is 0 Å². The number of rotatable bonds is 3. The number of halogens is 1. The second-order valence-corrected chi connectivity index (χ2v) is 6.88. The summed E-state index contributed by atoms with van der Waals surface area (Å²) in [6.45, 7) is 1.94. The Labute approximate surface area is 131 Å². The molecule has 4 heteroatoms. The van der Waals surface area contributed by atoms with Crippen molar-refractivity contribution >= 4 is 17.2 Å². The van der Waals surface area contributed by atoms with Gasteiger partial charge in [-0.2, -0.15) is 0 Å². The van der Waals surface area contributed by atoms with E-state index in [1.54, 1.807) is 6.07 Å². The molecule has 0 spiro atoms. The molecule has 2 N–H and O–H groups in total. The van der Waals surface area contributed by atoms with Gasteiger partial charge in [0.15, 0.2) is 0 Å².